The van der Waals surface area contributed by atoms with E-state index in [2.05, 4.69) is 15.2 Å². The summed E-state index contributed by atoms with van der Waals surface area (Å²) in [5.74, 6) is 0.299. The highest BCUT2D eigenvalue weighted by Gasteiger charge is 2.28. The van der Waals surface area contributed by atoms with Gasteiger partial charge in [0.25, 0.3) is 0 Å². The van der Waals surface area contributed by atoms with Crippen LogP contribution in [0.2, 0.25) is 0 Å². The number of likely N-dealkylation sites (tertiary alicyclic amines) is 1. The third kappa shape index (κ3) is 2.16. The van der Waals surface area contributed by atoms with Gasteiger partial charge in [0.15, 0.2) is 5.84 Å². The zero-order valence-electron chi connectivity index (χ0n) is 9.37. The van der Waals surface area contributed by atoms with Crippen molar-refractivity contribution in [1.82, 2.24) is 14.7 Å². The SMILES string of the molecule is Cn1ccc(CN2CCCC2/C(N)=N/O)n1. The summed E-state index contributed by atoms with van der Waals surface area (Å²) in [5, 5.41) is 16.1. The van der Waals surface area contributed by atoms with Gasteiger partial charge in [0.05, 0.1) is 11.7 Å². The second kappa shape index (κ2) is 4.52. The average Bonchev–Trinajstić information content (AvgIpc) is 2.87. The summed E-state index contributed by atoms with van der Waals surface area (Å²) in [6.45, 7) is 1.72. The van der Waals surface area contributed by atoms with E-state index in [4.69, 9.17) is 10.9 Å². The normalized spacial score (nSPS) is 22.8. The van der Waals surface area contributed by atoms with Crippen LogP contribution in [0.3, 0.4) is 0 Å². The Labute approximate surface area is 94.3 Å². The van der Waals surface area contributed by atoms with Crippen LogP contribution in [0.1, 0.15) is 18.5 Å². The lowest BCUT2D eigenvalue weighted by Crippen LogP contribution is -2.40. The van der Waals surface area contributed by atoms with Gasteiger partial charge in [-0.2, -0.15) is 5.10 Å². The Morgan fingerprint density at radius 2 is 2.56 bits per heavy atom. The Bertz CT molecular complexity index is 386. The van der Waals surface area contributed by atoms with E-state index < -0.39 is 0 Å². The standard InChI is InChI=1S/C10H17N5O/c1-14-6-4-8(12-14)7-15-5-2-3-9(15)10(11)13-16/h4,6,9,16H,2-3,5,7H2,1H3,(H2,11,13). The van der Waals surface area contributed by atoms with Crippen LogP contribution in [0.4, 0.5) is 0 Å². The number of aromatic nitrogens is 2. The fraction of sp³-hybridized carbons (Fsp3) is 0.600. The molecule has 1 aliphatic rings. The number of nitrogens with zero attached hydrogens (tertiary/aromatic N) is 4. The Balaban J connectivity index is 2.04. The summed E-state index contributed by atoms with van der Waals surface area (Å²) in [5.41, 5.74) is 6.67. The van der Waals surface area contributed by atoms with E-state index in [1.165, 1.54) is 0 Å². The molecule has 1 aliphatic heterocycles. The van der Waals surface area contributed by atoms with Gasteiger partial charge in [0.1, 0.15) is 0 Å². The fourth-order valence-corrected chi connectivity index (χ4v) is 2.17. The molecular formula is C10H17N5O. The maximum Gasteiger partial charge on any atom is 0.156 e. The van der Waals surface area contributed by atoms with Crippen molar-refractivity contribution in [2.75, 3.05) is 6.54 Å². The fourth-order valence-electron chi connectivity index (χ4n) is 2.17. The number of rotatable bonds is 3. The van der Waals surface area contributed by atoms with Crippen LogP contribution in [0.15, 0.2) is 17.4 Å². The van der Waals surface area contributed by atoms with E-state index >= 15 is 0 Å². The van der Waals surface area contributed by atoms with Gasteiger partial charge in [-0.15, -0.1) is 0 Å². The van der Waals surface area contributed by atoms with Gasteiger partial charge in [0.2, 0.25) is 0 Å². The molecule has 0 amide bonds. The second-order valence-corrected chi connectivity index (χ2v) is 4.13. The van der Waals surface area contributed by atoms with Gasteiger partial charge in [-0.1, -0.05) is 5.16 Å². The quantitative estimate of drug-likeness (QED) is 0.330. The molecule has 2 rings (SSSR count). The average molecular weight is 223 g/mol. The smallest absolute Gasteiger partial charge is 0.156 e. The van der Waals surface area contributed by atoms with E-state index in [1.807, 2.05) is 19.3 Å². The molecule has 6 heteroatoms. The van der Waals surface area contributed by atoms with Crippen LogP contribution < -0.4 is 5.73 Å². The van der Waals surface area contributed by atoms with Crippen molar-refractivity contribution in [1.29, 1.82) is 0 Å². The van der Waals surface area contributed by atoms with Crippen molar-refractivity contribution < 1.29 is 5.21 Å². The lowest BCUT2D eigenvalue weighted by atomic mass is 10.2. The predicted octanol–water partition coefficient (Wildman–Crippen LogP) is 0.131. The molecule has 6 nitrogen and oxygen atoms in total. The summed E-state index contributed by atoms with van der Waals surface area (Å²) in [6, 6.07) is 2.04. The highest BCUT2D eigenvalue weighted by Crippen LogP contribution is 2.19. The number of oxime groups is 1. The third-order valence-electron chi connectivity index (χ3n) is 2.95. The first-order chi connectivity index (χ1) is 7.70. The number of aryl methyl sites for hydroxylation is 1. The molecule has 0 radical (unpaired) electrons. The number of nitrogens with two attached hydrogens (primary N) is 1. The molecule has 16 heavy (non-hydrogen) atoms. The minimum atomic E-state index is 0.0482. The molecule has 1 aromatic heterocycles. The molecule has 0 bridgehead atoms. The molecule has 2 heterocycles. The van der Waals surface area contributed by atoms with Gasteiger partial charge in [0, 0.05) is 19.8 Å². The van der Waals surface area contributed by atoms with Gasteiger partial charge >= 0.3 is 0 Å². The van der Waals surface area contributed by atoms with Crippen LogP contribution in [0, 0.1) is 0 Å². The molecule has 0 aromatic carbocycles. The molecule has 3 N–H and O–H groups in total. The maximum atomic E-state index is 8.70. The van der Waals surface area contributed by atoms with E-state index in [1.54, 1.807) is 4.68 Å². The van der Waals surface area contributed by atoms with Gasteiger partial charge in [-0.3, -0.25) is 9.58 Å². The van der Waals surface area contributed by atoms with Crippen LogP contribution >= 0.6 is 0 Å². The van der Waals surface area contributed by atoms with Crippen LogP contribution in [-0.4, -0.2) is 38.3 Å². The van der Waals surface area contributed by atoms with Crippen molar-refractivity contribution in [3.8, 4) is 0 Å². The molecule has 1 aromatic rings. The molecule has 0 saturated carbocycles. The molecule has 88 valence electrons. The van der Waals surface area contributed by atoms with Crippen LogP contribution in [0.5, 0.6) is 0 Å². The number of amidine groups is 1. The lowest BCUT2D eigenvalue weighted by molar-refractivity contribution is 0.272. The molecule has 0 spiro atoms. The first kappa shape index (κ1) is 10.9. The summed E-state index contributed by atoms with van der Waals surface area (Å²) >= 11 is 0. The van der Waals surface area contributed by atoms with E-state index in [9.17, 15) is 0 Å². The molecular weight excluding hydrogens is 206 g/mol. The maximum absolute atomic E-state index is 8.70. The molecule has 1 unspecified atom stereocenters. The highest BCUT2D eigenvalue weighted by atomic mass is 16.4. The van der Waals surface area contributed by atoms with E-state index in [-0.39, 0.29) is 6.04 Å². The minimum Gasteiger partial charge on any atom is -0.409 e. The third-order valence-corrected chi connectivity index (χ3v) is 2.95. The monoisotopic (exact) mass is 223 g/mol. The largest absolute Gasteiger partial charge is 0.409 e. The molecule has 1 fully saturated rings. The van der Waals surface area contributed by atoms with Crippen molar-refractivity contribution >= 4 is 5.84 Å². The van der Waals surface area contributed by atoms with Gasteiger partial charge in [-0.25, -0.2) is 0 Å². The Morgan fingerprint density at radius 3 is 3.19 bits per heavy atom. The minimum absolute atomic E-state index is 0.0482. The topological polar surface area (TPSA) is 79.7 Å². The van der Waals surface area contributed by atoms with Gasteiger partial charge < -0.3 is 10.9 Å². The van der Waals surface area contributed by atoms with Crippen molar-refractivity contribution in [2.24, 2.45) is 17.9 Å². The first-order valence-electron chi connectivity index (χ1n) is 5.40. The van der Waals surface area contributed by atoms with Crippen molar-refractivity contribution in [2.45, 2.75) is 25.4 Å². The second-order valence-electron chi connectivity index (χ2n) is 4.13. The first-order valence-corrected chi connectivity index (χ1v) is 5.40. The number of hydrogen-bond donors (Lipinski definition) is 2. The van der Waals surface area contributed by atoms with Crippen molar-refractivity contribution in [3.63, 3.8) is 0 Å². The molecule has 0 aliphatic carbocycles. The van der Waals surface area contributed by atoms with Gasteiger partial charge in [-0.05, 0) is 25.5 Å². The Morgan fingerprint density at radius 1 is 1.75 bits per heavy atom. The zero-order valence-corrected chi connectivity index (χ0v) is 9.37. The highest BCUT2D eigenvalue weighted by molar-refractivity contribution is 5.85. The predicted molar refractivity (Wildman–Crippen MR) is 60.0 cm³/mol. The summed E-state index contributed by atoms with van der Waals surface area (Å²) in [4.78, 5) is 2.19. The zero-order chi connectivity index (χ0) is 11.5. The lowest BCUT2D eigenvalue weighted by Gasteiger charge is -2.21. The molecule has 1 atom stereocenters. The number of hydrogen-bond acceptors (Lipinski definition) is 4. The van der Waals surface area contributed by atoms with E-state index in [0.717, 1.165) is 31.6 Å². The van der Waals surface area contributed by atoms with E-state index in [0.29, 0.717) is 5.84 Å². The van der Waals surface area contributed by atoms with Crippen LogP contribution in [0.25, 0.3) is 0 Å². The summed E-state index contributed by atoms with van der Waals surface area (Å²) in [6.07, 6.45) is 3.94. The Kier molecular flexibility index (Phi) is 3.09. The summed E-state index contributed by atoms with van der Waals surface area (Å²) in [7, 11) is 1.90. The van der Waals surface area contributed by atoms with Crippen molar-refractivity contribution in [3.05, 3.63) is 18.0 Å². The summed E-state index contributed by atoms with van der Waals surface area (Å²) < 4.78 is 1.78. The molecule has 1 saturated heterocycles. The van der Waals surface area contributed by atoms with Crippen LogP contribution in [-0.2, 0) is 13.6 Å². The Hall–Kier alpha value is -1.56.